The number of hydrogen-bond donors (Lipinski definition) is 2. The van der Waals surface area contributed by atoms with Gasteiger partial charge in [-0.25, -0.2) is 14.0 Å². The van der Waals surface area contributed by atoms with Gasteiger partial charge < -0.3 is 15.2 Å². The number of carboxylic acid groups (broad SMARTS) is 1. The van der Waals surface area contributed by atoms with Crippen LogP contribution in [0.25, 0.3) is 17.2 Å². The van der Waals surface area contributed by atoms with Crippen molar-refractivity contribution in [3.63, 3.8) is 0 Å². The van der Waals surface area contributed by atoms with E-state index in [1.165, 1.54) is 17.0 Å². The average Bonchev–Trinajstić information content (AvgIpc) is 2.78. The van der Waals surface area contributed by atoms with E-state index in [1.807, 2.05) is 0 Å². The lowest BCUT2D eigenvalue weighted by Crippen LogP contribution is -2.37. The first-order chi connectivity index (χ1) is 15.4. The number of hydrogen-bond acceptors (Lipinski definition) is 3. The molecule has 0 saturated heterocycles. The van der Waals surface area contributed by atoms with E-state index >= 15 is 0 Å². The Labute approximate surface area is 188 Å². The van der Waals surface area contributed by atoms with Gasteiger partial charge >= 0.3 is 12.0 Å². The predicted octanol–water partition coefficient (Wildman–Crippen LogP) is 5.68. The summed E-state index contributed by atoms with van der Waals surface area (Å²) in [6.07, 6.45) is 5.60. The van der Waals surface area contributed by atoms with Crippen molar-refractivity contribution in [3.05, 3.63) is 59.6 Å². The first kappa shape index (κ1) is 24.9. The lowest BCUT2D eigenvalue weighted by atomic mass is 10.0. The molecule has 172 valence electrons. The van der Waals surface area contributed by atoms with Crippen molar-refractivity contribution in [2.75, 3.05) is 25.1 Å². The summed E-state index contributed by atoms with van der Waals surface area (Å²) in [6, 6.07) is 11.3. The van der Waals surface area contributed by atoms with Crippen LogP contribution in [0.3, 0.4) is 0 Å². The van der Waals surface area contributed by atoms with Crippen LogP contribution in [0.2, 0.25) is 0 Å². The second-order valence-corrected chi connectivity index (χ2v) is 7.39. The van der Waals surface area contributed by atoms with E-state index in [0.29, 0.717) is 28.9 Å². The zero-order valence-electron chi connectivity index (χ0n) is 18.9. The molecule has 2 aromatic carbocycles. The normalized spacial score (nSPS) is 11.2. The molecule has 0 aliphatic rings. The van der Waals surface area contributed by atoms with Gasteiger partial charge in [-0.15, -0.1) is 0 Å². The van der Waals surface area contributed by atoms with Crippen LogP contribution >= 0.6 is 0 Å². The highest BCUT2D eigenvalue weighted by Crippen LogP contribution is 2.28. The van der Waals surface area contributed by atoms with Crippen LogP contribution in [0.5, 0.6) is 0 Å². The molecular formula is C25H31FN2O4. The van der Waals surface area contributed by atoms with E-state index in [-0.39, 0.29) is 18.4 Å². The summed E-state index contributed by atoms with van der Waals surface area (Å²) in [5.41, 5.74) is 1.99. The first-order valence-electron chi connectivity index (χ1n) is 10.9. The number of ether oxygens (including phenoxy) is 1. The molecule has 0 aliphatic carbocycles. The van der Waals surface area contributed by atoms with Gasteiger partial charge in [0, 0.05) is 24.8 Å². The standard InChI is InChI=1S/C25H31FN2O4/c1-4-6-7-8-14-27-25(31)28(3)20-11-9-10-19(17-20)21-13-12-18(15-22(21)26)16-23(24(29)30)32-5-2/h9-13,15-17H,4-8,14H2,1-3H3,(H,27,31)(H,29,30). The number of urea groups is 1. The second-order valence-electron chi connectivity index (χ2n) is 7.39. The van der Waals surface area contributed by atoms with Gasteiger partial charge in [0.15, 0.2) is 0 Å². The van der Waals surface area contributed by atoms with Gasteiger partial charge in [-0.2, -0.15) is 0 Å². The molecule has 0 radical (unpaired) electrons. The Morgan fingerprint density at radius 3 is 2.56 bits per heavy atom. The number of anilines is 1. The van der Waals surface area contributed by atoms with Crippen molar-refractivity contribution >= 4 is 23.8 Å². The Kier molecular flexibility index (Phi) is 9.73. The minimum absolute atomic E-state index is 0.200. The molecule has 0 fully saturated rings. The van der Waals surface area contributed by atoms with Crippen LogP contribution in [0.15, 0.2) is 48.2 Å². The molecule has 2 rings (SSSR count). The Bertz CT molecular complexity index is 959. The van der Waals surface area contributed by atoms with E-state index in [9.17, 15) is 14.0 Å². The van der Waals surface area contributed by atoms with Crippen LogP contribution in [0.4, 0.5) is 14.9 Å². The topological polar surface area (TPSA) is 78.9 Å². The van der Waals surface area contributed by atoms with E-state index in [4.69, 9.17) is 9.84 Å². The highest BCUT2D eigenvalue weighted by atomic mass is 19.1. The zero-order valence-corrected chi connectivity index (χ0v) is 18.9. The van der Waals surface area contributed by atoms with E-state index in [0.717, 1.165) is 25.7 Å². The molecule has 0 spiro atoms. The molecule has 2 aromatic rings. The molecule has 0 heterocycles. The van der Waals surface area contributed by atoms with Gasteiger partial charge in [-0.1, -0.05) is 50.5 Å². The molecule has 0 aromatic heterocycles. The molecule has 7 heteroatoms. The number of amides is 2. The maximum atomic E-state index is 14.8. The quantitative estimate of drug-likeness (QED) is 0.267. The lowest BCUT2D eigenvalue weighted by Gasteiger charge is -2.19. The number of carbonyl (C=O) groups is 2. The predicted molar refractivity (Wildman–Crippen MR) is 125 cm³/mol. The van der Waals surface area contributed by atoms with Crippen molar-refractivity contribution in [2.45, 2.75) is 39.5 Å². The summed E-state index contributed by atoms with van der Waals surface area (Å²) in [6.45, 7) is 4.63. The lowest BCUT2D eigenvalue weighted by molar-refractivity contribution is -0.136. The van der Waals surface area contributed by atoms with Crippen LogP contribution in [-0.4, -0.2) is 37.3 Å². The summed E-state index contributed by atoms with van der Waals surface area (Å²) in [5, 5.41) is 12.1. The monoisotopic (exact) mass is 442 g/mol. The van der Waals surface area contributed by atoms with E-state index < -0.39 is 11.8 Å². The summed E-state index contributed by atoms with van der Waals surface area (Å²) in [4.78, 5) is 25.1. The molecule has 0 bridgehead atoms. The summed E-state index contributed by atoms with van der Waals surface area (Å²) in [5.74, 6) is -1.96. The molecule has 0 unspecified atom stereocenters. The van der Waals surface area contributed by atoms with Crippen molar-refractivity contribution in [2.24, 2.45) is 0 Å². The van der Waals surface area contributed by atoms with Crippen LogP contribution in [0.1, 0.15) is 45.1 Å². The maximum Gasteiger partial charge on any atom is 0.371 e. The van der Waals surface area contributed by atoms with Crippen LogP contribution in [-0.2, 0) is 9.53 Å². The first-order valence-corrected chi connectivity index (χ1v) is 10.9. The summed E-state index contributed by atoms with van der Waals surface area (Å²) >= 11 is 0. The van der Waals surface area contributed by atoms with Crippen molar-refractivity contribution < 1.29 is 23.8 Å². The molecule has 0 atom stereocenters. The fourth-order valence-electron chi connectivity index (χ4n) is 3.19. The van der Waals surface area contributed by atoms with Crippen LogP contribution < -0.4 is 10.2 Å². The molecule has 0 aliphatic heterocycles. The number of carbonyl (C=O) groups excluding carboxylic acids is 1. The van der Waals surface area contributed by atoms with Crippen LogP contribution in [0, 0.1) is 5.82 Å². The fraction of sp³-hybridized carbons (Fsp3) is 0.360. The third kappa shape index (κ3) is 7.11. The fourth-order valence-corrected chi connectivity index (χ4v) is 3.19. The molecular weight excluding hydrogens is 411 g/mol. The Balaban J connectivity index is 2.16. The summed E-state index contributed by atoms with van der Waals surface area (Å²) < 4.78 is 19.9. The third-order valence-corrected chi connectivity index (χ3v) is 4.96. The van der Waals surface area contributed by atoms with Gasteiger partial charge in [0.1, 0.15) is 5.82 Å². The van der Waals surface area contributed by atoms with Crippen molar-refractivity contribution in [3.8, 4) is 11.1 Å². The number of carboxylic acids is 1. The molecule has 6 nitrogen and oxygen atoms in total. The molecule has 0 saturated carbocycles. The zero-order chi connectivity index (χ0) is 23.5. The van der Waals surface area contributed by atoms with Gasteiger partial charge in [-0.05, 0) is 48.7 Å². The number of rotatable bonds is 11. The Morgan fingerprint density at radius 1 is 1.12 bits per heavy atom. The largest absolute Gasteiger partial charge is 0.487 e. The minimum Gasteiger partial charge on any atom is -0.487 e. The Morgan fingerprint density at radius 2 is 1.91 bits per heavy atom. The highest BCUT2D eigenvalue weighted by Gasteiger charge is 2.13. The van der Waals surface area contributed by atoms with E-state index in [1.54, 1.807) is 50.4 Å². The third-order valence-electron chi connectivity index (χ3n) is 4.96. The summed E-state index contributed by atoms with van der Waals surface area (Å²) in [7, 11) is 1.67. The average molecular weight is 443 g/mol. The number of unbranched alkanes of at least 4 members (excludes halogenated alkanes) is 3. The van der Waals surface area contributed by atoms with Crippen molar-refractivity contribution in [1.82, 2.24) is 5.32 Å². The number of halogens is 1. The molecule has 2 amide bonds. The minimum atomic E-state index is -1.21. The second kappa shape index (κ2) is 12.5. The smallest absolute Gasteiger partial charge is 0.371 e. The van der Waals surface area contributed by atoms with E-state index in [2.05, 4.69) is 12.2 Å². The van der Waals surface area contributed by atoms with Gasteiger partial charge in [-0.3, -0.25) is 4.90 Å². The van der Waals surface area contributed by atoms with Gasteiger partial charge in [0.25, 0.3) is 0 Å². The Hall–Kier alpha value is -3.35. The van der Waals surface area contributed by atoms with Gasteiger partial charge in [0.2, 0.25) is 5.76 Å². The maximum absolute atomic E-state index is 14.8. The molecule has 32 heavy (non-hydrogen) atoms. The number of aliphatic carboxylic acids is 1. The number of benzene rings is 2. The highest BCUT2D eigenvalue weighted by molar-refractivity contribution is 5.92. The van der Waals surface area contributed by atoms with Crippen molar-refractivity contribution in [1.29, 1.82) is 0 Å². The molecule has 2 N–H and O–H groups in total. The SMILES string of the molecule is CCCCCCNC(=O)N(C)c1cccc(-c2ccc(C=C(OCC)C(=O)O)cc2F)c1. The van der Waals surface area contributed by atoms with Gasteiger partial charge in [0.05, 0.1) is 6.61 Å². The number of nitrogens with zero attached hydrogens (tertiary/aromatic N) is 1. The number of nitrogens with one attached hydrogen (secondary N) is 1.